The molecule has 0 atom stereocenters. The molecular weight excluding hydrogens is 458 g/mol. The van der Waals surface area contributed by atoms with Crippen molar-refractivity contribution >= 4 is 39.8 Å². The molecule has 0 radical (unpaired) electrons. The fourth-order valence-electron chi connectivity index (χ4n) is 3.91. The van der Waals surface area contributed by atoms with E-state index in [-0.39, 0.29) is 36.0 Å². The highest BCUT2D eigenvalue weighted by molar-refractivity contribution is 6.07. The van der Waals surface area contributed by atoms with Gasteiger partial charge in [0, 0.05) is 43.9 Å². The van der Waals surface area contributed by atoms with Crippen molar-refractivity contribution in [2.24, 2.45) is 0 Å². The number of hydrogen-bond donors (Lipinski definition) is 1. The Bertz CT molecular complexity index is 1280. The van der Waals surface area contributed by atoms with Crippen LogP contribution in [-0.4, -0.2) is 61.7 Å². The first-order valence-corrected chi connectivity index (χ1v) is 11.3. The van der Waals surface area contributed by atoms with E-state index in [4.69, 9.17) is 9.47 Å². The van der Waals surface area contributed by atoms with E-state index in [2.05, 4.69) is 10.3 Å². The number of anilines is 3. The molecule has 1 saturated heterocycles. The molecule has 1 N–H and O–H groups in total. The maximum Gasteiger partial charge on any atom is 0.341 e. The van der Waals surface area contributed by atoms with Crippen LogP contribution in [0.5, 0.6) is 5.75 Å². The molecule has 4 rings (SSSR count). The van der Waals surface area contributed by atoms with Crippen molar-refractivity contribution in [3.63, 3.8) is 0 Å². The van der Waals surface area contributed by atoms with E-state index < -0.39 is 17.6 Å². The number of rotatable bonds is 7. The number of esters is 1. The molecule has 3 aromatic rings. The van der Waals surface area contributed by atoms with Crippen molar-refractivity contribution in [2.75, 3.05) is 50.1 Å². The summed E-state index contributed by atoms with van der Waals surface area (Å²) >= 11 is 0. The largest absolute Gasteiger partial charge is 0.492 e. The normalized spacial score (nSPS) is 13.8. The van der Waals surface area contributed by atoms with Crippen LogP contribution in [0.3, 0.4) is 0 Å². The van der Waals surface area contributed by atoms with Crippen LogP contribution in [0.15, 0.2) is 36.5 Å². The molecule has 2 aromatic carbocycles. The molecule has 0 bridgehead atoms. The number of nitrogens with zero attached hydrogens (tertiary/aromatic N) is 3. The summed E-state index contributed by atoms with van der Waals surface area (Å²) in [7, 11) is 1.75. The average Bonchev–Trinajstić information content (AvgIpc) is 2.82. The number of piperazine rings is 1. The molecule has 1 aliphatic heterocycles. The topological polar surface area (TPSA) is 84.0 Å². The zero-order valence-corrected chi connectivity index (χ0v) is 19.7. The van der Waals surface area contributed by atoms with E-state index in [0.717, 1.165) is 12.1 Å². The van der Waals surface area contributed by atoms with E-state index in [1.807, 2.05) is 11.8 Å². The predicted octanol–water partition coefficient (Wildman–Crippen LogP) is 4.11. The van der Waals surface area contributed by atoms with Crippen LogP contribution in [0.1, 0.15) is 24.2 Å². The number of likely N-dealkylation sites (N-methyl/N-ethyl adjacent to an activating group) is 1. The van der Waals surface area contributed by atoms with E-state index in [1.54, 1.807) is 31.0 Å². The molecule has 1 aliphatic rings. The van der Waals surface area contributed by atoms with Crippen LogP contribution in [0.4, 0.5) is 25.8 Å². The second-order valence-electron chi connectivity index (χ2n) is 8.02. The third-order valence-electron chi connectivity index (χ3n) is 5.73. The second kappa shape index (κ2) is 10.1. The van der Waals surface area contributed by atoms with Crippen LogP contribution in [0.2, 0.25) is 0 Å². The number of amides is 1. The van der Waals surface area contributed by atoms with Gasteiger partial charge in [-0.15, -0.1) is 0 Å². The summed E-state index contributed by atoms with van der Waals surface area (Å²) in [5, 5.41) is 3.42. The maximum atomic E-state index is 14.5. The minimum Gasteiger partial charge on any atom is -0.492 e. The Morgan fingerprint density at radius 1 is 1.14 bits per heavy atom. The number of carbonyl (C=O) groups excluding carboxylic acids is 2. The lowest BCUT2D eigenvalue weighted by atomic mass is 10.1. The Labute approximate surface area is 201 Å². The van der Waals surface area contributed by atoms with Gasteiger partial charge in [0.05, 0.1) is 42.3 Å². The van der Waals surface area contributed by atoms with Crippen molar-refractivity contribution < 1.29 is 27.8 Å². The number of nitrogens with one attached hydrogen (secondary N) is 1. The fraction of sp³-hybridized carbons (Fsp3) is 0.320. The van der Waals surface area contributed by atoms with E-state index in [9.17, 15) is 18.4 Å². The van der Waals surface area contributed by atoms with Gasteiger partial charge < -0.3 is 24.6 Å². The van der Waals surface area contributed by atoms with Gasteiger partial charge in [-0.1, -0.05) is 0 Å². The van der Waals surface area contributed by atoms with Gasteiger partial charge in [0.2, 0.25) is 5.91 Å². The molecule has 0 spiro atoms. The molecular formula is C25H26F2N4O4. The summed E-state index contributed by atoms with van der Waals surface area (Å²) in [6, 6.07) is 6.61. The van der Waals surface area contributed by atoms with E-state index >= 15 is 0 Å². The lowest BCUT2D eigenvalue weighted by molar-refractivity contribution is -0.129. The summed E-state index contributed by atoms with van der Waals surface area (Å²) in [5.41, 5.74) is 1.45. The SMILES string of the molecule is CCOC(=O)c1cnc2cc(OCC)c(N3CCN(C)C(=O)C3)cc2c1Nc1ccc(F)cc1F. The highest BCUT2D eigenvalue weighted by Gasteiger charge is 2.26. The van der Waals surface area contributed by atoms with Gasteiger partial charge in [-0.05, 0) is 32.0 Å². The first-order chi connectivity index (χ1) is 16.8. The maximum absolute atomic E-state index is 14.5. The quantitative estimate of drug-likeness (QED) is 0.506. The summed E-state index contributed by atoms with van der Waals surface area (Å²) in [5.74, 6) is -1.68. The third-order valence-corrected chi connectivity index (χ3v) is 5.73. The van der Waals surface area contributed by atoms with Crippen LogP contribution in [0.25, 0.3) is 10.9 Å². The highest BCUT2D eigenvalue weighted by atomic mass is 19.1. The van der Waals surface area contributed by atoms with E-state index in [1.165, 1.54) is 12.3 Å². The Morgan fingerprint density at radius 3 is 2.63 bits per heavy atom. The molecule has 0 saturated carbocycles. The zero-order chi connectivity index (χ0) is 25.1. The number of hydrogen-bond acceptors (Lipinski definition) is 7. The number of aromatic nitrogens is 1. The predicted molar refractivity (Wildman–Crippen MR) is 128 cm³/mol. The monoisotopic (exact) mass is 484 g/mol. The molecule has 10 heteroatoms. The Balaban J connectivity index is 1.91. The standard InChI is InChI=1S/C25H26F2N4O4/c1-4-34-22-12-20-16(11-21(22)31-9-8-30(3)23(32)14-31)24(17(13-28-20)25(33)35-5-2)29-19-7-6-15(26)10-18(19)27/h6-7,10-13H,4-5,8-9,14H2,1-3H3,(H,28,29). The first-order valence-electron chi connectivity index (χ1n) is 11.3. The number of fused-ring (bicyclic) bond motifs is 1. The fourth-order valence-corrected chi connectivity index (χ4v) is 3.91. The van der Waals surface area contributed by atoms with Crippen LogP contribution < -0.4 is 15.0 Å². The smallest absolute Gasteiger partial charge is 0.341 e. The van der Waals surface area contributed by atoms with Gasteiger partial charge in [0.1, 0.15) is 22.9 Å². The zero-order valence-electron chi connectivity index (χ0n) is 19.7. The molecule has 1 amide bonds. The summed E-state index contributed by atoms with van der Waals surface area (Å²) in [6.45, 7) is 5.33. The minimum atomic E-state index is -0.819. The third kappa shape index (κ3) is 4.96. The van der Waals surface area contributed by atoms with Gasteiger partial charge in [-0.3, -0.25) is 9.78 Å². The van der Waals surface area contributed by atoms with Gasteiger partial charge in [-0.2, -0.15) is 0 Å². The van der Waals surface area contributed by atoms with E-state index in [0.29, 0.717) is 42.0 Å². The van der Waals surface area contributed by atoms with Crippen molar-refractivity contribution in [1.82, 2.24) is 9.88 Å². The average molecular weight is 485 g/mol. The summed E-state index contributed by atoms with van der Waals surface area (Å²) < 4.78 is 39.0. The minimum absolute atomic E-state index is 0.0188. The molecule has 1 aromatic heterocycles. The highest BCUT2D eigenvalue weighted by Crippen LogP contribution is 2.39. The van der Waals surface area contributed by atoms with Gasteiger partial charge in [0.25, 0.3) is 0 Å². The van der Waals surface area contributed by atoms with Crippen LogP contribution in [-0.2, 0) is 9.53 Å². The van der Waals surface area contributed by atoms with Crippen molar-refractivity contribution in [2.45, 2.75) is 13.8 Å². The van der Waals surface area contributed by atoms with Crippen molar-refractivity contribution in [3.05, 3.63) is 53.7 Å². The number of benzene rings is 2. The molecule has 2 heterocycles. The van der Waals surface area contributed by atoms with Gasteiger partial charge in [0.15, 0.2) is 0 Å². The second-order valence-corrected chi connectivity index (χ2v) is 8.02. The Hall–Kier alpha value is -3.95. The molecule has 0 aliphatic carbocycles. The lowest BCUT2D eigenvalue weighted by Gasteiger charge is -2.34. The van der Waals surface area contributed by atoms with Crippen LogP contribution >= 0.6 is 0 Å². The molecule has 0 unspecified atom stereocenters. The first kappa shape index (κ1) is 24.2. The van der Waals surface area contributed by atoms with Gasteiger partial charge in [-0.25, -0.2) is 13.6 Å². The lowest BCUT2D eigenvalue weighted by Crippen LogP contribution is -2.48. The van der Waals surface area contributed by atoms with Crippen molar-refractivity contribution in [3.8, 4) is 5.75 Å². The molecule has 35 heavy (non-hydrogen) atoms. The molecule has 8 nitrogen and oxygen atoms in total. The number of halogens is 2. The van der Waals surface area contributed by atoms with Crippen LogP contribution in [0, 0.1) is 11.6 Å². The molecule has 184 valence electrons. The van der Waals surface area contributed by atoms with Gasteiger partial charge >= 0.3 is 5.97 Å². The summed E-state index contributed by atoms with van der Waals surface area (Å²) in [6.07, 6.45) is 1.35. The summed E-state index contributed by atoms with van der Waals surface area (Å²) in [4.78, 5) is 33.1. The van der Waals surface area contributed by atoms with Crippen molar-refractivity contribution in [1.29, 1.82) is 0 Å². The number of ether oxygens (including phenoxy) is 2. The number of pyridine rings is 1. The molecule has 1 fully saturated rings. The Morgan fingerprint density at radius 2 is 1.94 bits per heavy atom. The Kier molecular flexibility index (Phi) is 6.99. The number of carbonyl (C=O) groups is 2.